The minimum atomic E-state index is 0.289. The van der Waals surface area contributed by atoms with Crippen LogP contribution in [0.5, 0.6) is 0 Å². The van der Waals surface area contributed by atoms with Gasteiger partial charge in [-0.05, 0) is 61.2 Å². The Bertz CT molecular complexity index is 228. The molecule has 2 bridgehead atoms. The Hall–Kier alpha value is -0.0800. The van der Waals surface area contributed by atoms with Crippen molar-refractivity contribution in [1.29, 1.82) is 0 Å². The van der Waals surface area contributed by atoms with Crippen LogP contribution in [0.3, 0.4) is 0 Å². The molecule has 0 saturated heterocycles. The molecule has 2 heteroatoms. The molecule has 3 rings (SSSR count). The van der Waals surface area contributed by atoms with E-state index in [1.807, 2.05) is 0 Å². The van der Waals surface area contributed by atoms with Gasteiger partial charge in [0.05, 0.1) is 0 Å². The third kappa shape index (κ3) is 1.04. The summed E-state index contributed by atoms with van der Waals surface area (Å²) >= 11 is 0. The van der Waals surface area contributed by atoms with E-state index in [1.165, 1.54) is 25.7 Å². The molecule has 14 heavy (non-hydrogen) atoms. The number of fused-ring (bicyclic) bond motifs is 5. The van der Waals surface area contributed by atoms with E-state index in [0.717, 1.165) is 23.7 Å². The molecule has 0 heterocycles. The normalized spacial score (nSPS) is 55.3. The number of aliphatic hydroxyl groups is 2. The Morgan fingerprint density at radius 2 is 1.71 bits per heavy atom. The summed E-state index contributed by atoms with van der Waals surface area (Å²) in [5.74, 6) is 4.26. The minimum absolute atomic E-state index is 0.289. The van der Waals surface area contributed by atoms with Gasteiger partial charge in [-0.1, -0.05) is 0 Å². The fourth-order valence-corrected chi connectivity index (χ4v) is 4.79. The average Bonchev–Trinajstić information content (AvgIpc) is 2.87. The molecular formula is C12H20O2. The maximum Gasteiger partial charge on any atom is 0.0465 e. The third-order valence-electron chi connectivity index (χ3n) is 5.28. The maximum absolute atomic E-state index is 9.43. The topological polar surface area (TPSA) is 40.5 Å². The highest BCUT2D eigenvalue weighted by Gasteiger charge is 2.55. The molecule has 0 radical (unpaired) electrons. The summed E-state index contributed by atoms with van der Waals surface area (Å²) in [7, 11) is 0. The highest BCUT2D eigenvalue weighted by atomic mass is 16.3. The van der Waals surface area contributed by atoms with Crippen LogP contribution in [0.15, 0.2) is 0 Å². The van der Waals surface area contributed by atoms with E-state index >= 15 is 0 Å². The molecule has 0 aromatic carbocycles. The van der Waals surface area contributed by atoms with Gasteiger partial charge in [0.25, 0.3) is 0 Å². The molecule has 3 aliphatic carbocycles. The van der Waals surface area contributed by atoms with Gasteiger partial charge >= 0.3 is 0 Å². The molecule has 2 nitrogen and oxygen atoms in total. The van der Waals surface area contributed by atoms with Gasteiger partial charge in [-0.3, -0.25) is 0 Å². The van der Waals surface area contributed by atoms with Crippen LogP contribution in [0.4, 0.5) is 0 Å². The summed E-state index contributed by atoms with van der Waals surface area (Å²) in [6.07, 6.45) is 5.42. The van der Waals surface area contributed by atoms with Crippen molar-refractivity contribution in [1.82, 2.24) is 0 Å². The summed E-state index contributed by atoms with van der Waals surface area (Å²) in [4.78, 5) is 0. The van der Waals surface area contributed by atoms with Crippen molar-refractivity contribution in [3.8, 4) is 0 Å². The Morgan fingerprint density at radius 1 is 0.929 bits per heavy atom. The number of hydrogen-bond donors (Lipinski definition) is 2. The smallest absolute Gasteiger partial charge is 0.0465 e. The van der Waals surface area contributed by atoms with E-state index in [0.29, 0.717) is 18.4 Å². The van der Waals surface area contributed by atoms with Crippen LogP contribution in [-0.2, 0) is 0 Å². The first-order chi connectivity index (χ1) is 6.85. The Morgan fingerprint density at radius 3 is 2.43 bits per heavy atom. The van der Waals surface area contributed by atoms with Gasteiger partial charge in [0.2, 0.25) is 0 Å². The molecule has 80 valence electrons. The Balaban J connectivity index is 1.84. The zero-order valence-corrected chi connectivity index (χ0v) is 8.60. The Labute approximate surface area is 85.3 Å². The molecular weight excluding hydrogens is 176 g/mol. The van der Waals surface area contributed by atoms with Crippen LogP contribution in [0.2, 0.25) is 0 Å². The molecule has 3 aliphatic rings. The second-order valence-electron chi connectivity index (χ2n) is 5.60. The van der Waals surface area contributed by atoms with Gasteiger partial charge in [0.1, 0.15) is 0 Å². The van der Waals surface area contributed by atoms with Crippen molar-refractivity contribution in [2.24, 2.45) is 35.5 Å². The summed E-state index contributed by atoms with van der Waals surface area (Å²) in [6.45, 7) is 0.591. The molecule has 6 atom stereocenters. The van der Waals surface area contributed by atoms with E-state index in [1.54, 1.807) is 0 Å². The molecule has 2 N–H and O–H groups in total. The molecule has 0 spiro atoms. The lowest BCUT2D eigenvalue weighted by atomic mass is 9.77. The van der Waals surface area contributed by atoms with Gasteiger partial charge in [-0.15, -0.1) is 0 Å². The maximum atomic E-state index is 9.43. The minimum Gasteiger partial charge on any atom is -0.396 e. The number of rotatable bonds is 2. The third-order valence-corrected chi connectivity index (χ3v) is 5.28. The highest BCUT2D eigenvalue weighted by Crippen LogP contribution is 2.61. The summed E-state index contributed by atoms with van der Waals surface area (Å²) in [5.41, 5.74) is 0. The average molecular weight is 196 g/mol. The summed E-state index contributed by atoms with van der Waals surface area (Å²) in [6, 6.07) is 0. The van der Waals surface area contributed by atoms with Crippen LogP contribution in [-0.4, -0.2) is 23.4 Å². The van der Waals surface area contributed by atoms with Gasteiger partial charge in [0.15, 0.2) is 0 Å². The van der Waals surface area contributed by atoms with Gasteiger partial charge in [0, 0.05) is 13.2 Å². The van der Waals surface area contributed by atoms with E-state index < -0.39 is 0 Å². The molecule has 0 aromatic rings. The molecule has 0 unspecified atom stereocenters. The first-order valence-electron chi connectivity index (χ1n) is 6.07. The van der Waals surface area contributed by atoms with E-state index in [2.05, 4.69) is 0 Å². The largest absolute Gasteiger partial charge is 0.396 e. The lowest BCUT2D eigenvalue weighted by molar-refractivity contribution is 0.0967. The van der Waals surface area contributed by atoms with Gasteiger partial charge in [-0.25, -0.2) is 0 Å². The van der Waals surface area contributed by atoms with Gasteiger partial charge < -0.3 is 10.2 Å². The second kappa shape index (κ2) is 3.21. The van der Waals surface area contributed by atoms with Crippen LogP contribution in [0.25, 0.3) is 0 Å². The SMILES string of the molecule is OC[C@@H]1C[C@@H]2[C@H]3CC[C@@H](C3)[C@@H]2[C@@H]1CO. The standard InChI is InChI=1S/C12H20O2/c13-5-9-4-10-7-1-2-8(3-7)12(10)11(9)6-14/h7-14H,1-6H2/t7-,8-,9-,10+,11+,12-/m0/s1. The van der Waals surface area contributed by atoms with Crippen molar-refractivity contribution in [2.75, 3.05) is 13.2 Å². The fraction of sp³-hybridized carbons (Fsp3) is 1.00. The number of aliphatic hydroxyl groups excluding tert-OH is 2. The van der Waals surface area contributed by atoms with Crippen molar-refractivity contribution in [2.45, 2.75) is 25.7 Å². The van der Waals surface area contributed by atoms with Crippen LogP contribution < -0.4 is 0 Å². The fourth-order valence-electron chi connectivity index (χ4n) is 4.79. The van der Waals surface area contributed by atoms with Gasteiger partial charge in [-0.2, -0.15) is 0 Å². The van der Waals surface area contributed by atoms with Crippen molar-refractivity contribution in [3.05, 3.63) is 0 Å². The first kappa shape index (κ1) is 9.17. The zero-order valence-electron chi connectivity index (χ0n) is 8.60. The Kier molecular flexibility index (Phi) is 2.10. The van der Waals surface area contributed by atoms with Crippen LogP contribution >= 0.6 is 0 Å². The second-order valence-corrected chi connectivity index (χ2v) is 5.60. The molecule has 3 fully saturated rings. The molecule has 0 aliphatic heterocycles. The van der Waals surface area contributed by atoms with E-state index in [4.69, 9.17) is 0 Å². The van der Waals surface area contributed by atoms with Crippen molar-refractivity contribution >= 4 is 0 Å². The van der Waals surface area contributed by atoms with Crippen molar-refractivity contribution < 1.29 is 10.2 Å². The highest BCUT2D eigenvalue weighted by molar-refractivity contribution is 5.04. The zero-order chi connectivity index (χ0) is 9.71. The monoisotopic (exact) mass is 196 g/mol. The van der Waals surface area contributed by atoms with E-state index in [-0.39, 0.29) is 6.61 Å². The number of hydrogen-bond acceptors (Lipinski definition) is 2. The van der Waals surface area contributed by atoms with Crippen LogP contribution in [0, 0.1) is 35.5 Å². The molecule has 3 saturated carbocycles. The summed E-state index contributed by atoms with van der Waals surface area (Å²) in [5, 5.41) is 18.7. The molecule has 0 aromatic heterocycles. The summed E-state index contributed by atoms with van der Waals surface area (Å²) < 4.78 is 0. The van der Waals surface area contributed by atoms with Crippen LogP contribution in [0.1, 0.15) is 25.7 Å². The van der Waals surface area contributed by atoms with Crippen molar-refractivity contribution in [3.63, 3.8) is 0 Å². The quantitative estimate of drug-likeness (QED) is 0.698. The predicted octanol–water partition coefficient (Wildman–Crippen LogP) is 1.27. The lowest BCUT2D eigenvalue weighted by Crippen LogP contribution is -2.27. The molecule has 0 amide bonds. The first-order valence-corrected chi connectivity index (χ1v) is 6.07. The lowest BCUT2D eigenvalue weighted by Gasteiger charge is -2.28. The predicted molar refractivity (Wildman–Crippen MR) is 53.6 cm³/mol. The van der Waals surface area contributed by atoms with E-state index in [9.17, 15) is 10.2 Å².